The van der Waals surface area contributed by atoms with E-state index in [2.05, 4.69) is 0 Å². The second kappa shape index (κ2) is 6.22. The molecule has 0 amide bonds. The number of para-hydroxylation sites is 1. The number of carbonyl (C=O) groups is 2. The van der Waals surface area contributed by atoms with Crippen LogP contribution in [-0.2, 0) is 11.2 Å². The van der Waals surface area contributed by atoms with Crippen LogP contribution in [-0.4, -0.2) is 17.4 Å². The van der Waals surface area contributed by atoms with Crippen LogP contribution in [0.2, 0.25) is 0 Å². The molecule has 0 fully saturated rings. The molecule has 0 unspecified atom stereocenters. The Morgan fingerprint density at radius 3 is 2.57 bits per heavy atom. The van der Waals surface area contributed by atoms with Crippen LogP contribution in [0.25, 0.3) is 0 Å². The van der Waals surface area contributed by atoms with Crippen LogP contribution in [0.15, 0.2) is 36.4 Å². The summed E-state index contributed by atoms with van der Waals surface area (Å²) in [7, 11) is 0. The summed E-state index contributed by atoms with van der Waals surface area (Å²) < 4.78 is 5.85. The molecular weight excluding hydrogens is 268 g/mol. The first kappa shape index (κ1) is 14.8. The first-order chi connectivity index (χ1) is 10.0. The number of benzene rings is 2. The van der Waals surface area contributed by atoms with Gasteiger partial charge in [0.15, 0.2) is 6.29 Å². The summed E-state index contributed by atoms with van der Waals surface area (Å²) in [5.41, 5.74) is 2.89. The summed E-state index contributed by atoms with van der Waals surface area (Å²) in [6.07, 6.45) is 0.610. The van der Waals surface area contributed by atoms with E-state index in [-0.39, 0.29) is 6.42 Å². The quantitative estimate of drug-likeness (QED) is 0.853. The highest BCUT2D eigenvalue weighted by Crippen LogP contribution is 2.32. The van der Waals surface area contributed by atoms with Gasteiger partial charge in [0.05, 0.1) is 12.0 Å². The van der Waals surface area contributed by atoms with Crippen molar-refractivity contribution in [2.75, 3.05) is 0 Å². The number of carboxylic acids is 1. The van der Waals surface area contributed by atoms with Gasteiger partial charge < -0.3 is 9.84 Å². The summed E-state index contributed by atoms with van der Waals surface area (Å²) in [6, 6.07) is 10.5. The average molecular weight is 284 g/mol. The maximum Gasteiger partial charge on any atom is 0.307 e. The molecular formula is C17H16O4. The smallest absolute Gasteiger partial charge is 0.307 e. The third-order valence-electron chi connectivity index (χ3n) is 3.36. The van der Waals surface area contributed by atoms with Crippen LogP contribution >= 0.6 is 0 Å². The van der Waals surface area contributed by atoms with Crippen LogP contribution in [0.4, 0.5) is 0 Å². The van der Waals surface area contributed by atoms with Gasteiger partial charge in [0.1, 0.15) is 11.5 Å². The number of ether oxygens (including phenoxy) is 1. The number of hydrogen-bond acceptors (Lipinski definition) is 3. The molecule has 0 saturated carbocycles. The standard InChI is InChI=1S/C17H16O4/c1-11-7-8-14(10-18)17(12(11)2)21-15-6-4-3-5-13(15)9-16(19)20/h3-8,10H,9H2,1-2H3,(H,19,20). The fourth-order valence-electron chi connectivity index (χ4n) is 2.06. The molecule has 108 valence electrons. The molecule has 0 saturated heterocycles. The fourth-order valence-corrected chi connectivity index (χ4v) is 2.06. The minimum atomic E-state index is -0.928. The molecule has 2 aromatic rings. The van der Waals surface area contributed by atoms with Gasteiger partial charge in [0.2, 0.25) is 0 Å². The molecule has 0 atom stereocenters. The van der Waals surface area contributed by atoms with Crippen molar-refractivity contribution in [3.63, 3.8) is 0 Å². The first-order valence-electron chi connectivity index (χ1n) is 6.56. The Labute approximate surface area is 123 Å². The molecule has 4 nitrogen and oxygen atoms in total. The minimum absolute atomic E-state index is 0.128. The number of hydrogen-bond donors (Lipinski definition) is 1. The summed E-state index contributed by atoms with van der Waals surface area (Å²) >= 11 is 0. The van der Waals surface area contributed by atoms with Crippen molar-refractivity contribution >= 4 is 12.3 Å². The highest BCUT2D eigenvalue weighted by molar-refractivity contribution is 5.81. The lowest BCUT2D eigenvalue weighted by Gasteiger charge is -2.15. The van der Waals surface area contributed by atoms with Crippen LogP contribution in [0.5, 0.6) is 11.5 Å². The van der Waals surface area contributed by atoms with Gasteiger partial charge in [-0.1, -0.05) is 24.3 Å². The van der Waals surface area contributed by atoms with E-state index < -0.39 is 5.97 Å². The van der Waals surface area contributed by atoms with Gasteiger partial charge in [-0.25, -0.2) is 0 Å². The number of carboxylic acid groups (broad SMARTS) is 1. The fraction of sp³-hybridized carbons (Fsp3) is 0.176. The predicted molar refractivity (Wildman–Crippen MR) is 79.2 cm³/mol. The average Bonchev–Trinajstić information content (AvgIpc) is 2.45. The maximum atomic E-state index is 11.2. The van der Waals surface area contributed by atoms with Crippen molar-refractivity contribution in [1.29, 1.82) is 0 Å². The Balaban J connectivity index is 2.45. The molecule has 0 radical (unpaired) electrons. The van der Waals surface area contributed by atoms with E-state index in [1.165, 1.54) is 0 Å². The van der Waals surface area contributed by atoms with E-state index >= 15 is 0 Å². The highest BCUT2D eigenvalue weighted by Gasteiger charge is 2.13. The van der Waals surface area contributed by atoms with Crippen LogP contribution in [0.1, 0.15) is 27.0 Å². The van der Waals surface area contributed by atoms with Gasteiger partial charge in [-0.2, -0.15) is 0 Å². The molecule has 0 heterocycles. The van der Waals surface area contributed by atoms with Gasteiger partial charge in [-0.3, -0.25) is 9.59 Å². The third kappa shape index (κ3) is 3.28. The van der Waals surface area contributed by atoms with Gasteiger partial charge in [0, 0.05) is 5.56 Å². The topological polar surface area (TPSA) is 63.6 Å². The van der Waals surface area contributed by atoms with Crippen LogP contribution in [0, 0.1) is 13.8 Å². The second-order valence-corrected chi connectivity index (χ2v) is 4.82. The van der Waals surface area contributed by atoms with E-state index in [1.807, 2.05) is 19.9 Å². The highest BCUT2D eigenvalue weighted by atomic mass is 16.5. The molecule has 2 rings (SSSR count). The predicted octanol–water partition coefficient (Wildman–Crippen LogP) is 3.54. The normalized spacial score (nSPS) is 10.2. The van der Waals surface area contributed by atoms with Crippen molar-refractivity contribution in [2.24, 2.45) is 0 Å². The molecule has 0 aliphatic carbocycles. The molecule has 1 N–H and O–H groups in total. The molecule has 0 spiro atoms. The van der Waals surface area contributed by atoms with Crippen molar-refractivity contribution in [2.45, 2.75) is 20.3 Å². The largest absolute Gasteiger partial charge is 0.481 e. The molecule has 0 bridgehead atoms. The zero-order valence-corrected chi connectivity index (χ0v) is 11.9. The first-order valence-corrected chi connectivity index (χ1v) is 6.56. The van der Waals surface area contributed by atoms with Crippen molar-refractivity contribution in [3.8, 4) is 11.5 Å². The molecule has 4 heteroatoms. The number of aldehydes is 1. The Bertz CT molecular complexity index is 689. The van der Waals surface area contributed by atoms with E-state index in [4.69, 9.17) is 9.84 Å². The zero-order valence-electron chi connectivity index (χ0n) is 11.9. The number of aliphatic carboxylic acids is 1. The second-order valence-electron chi connectivity index (χ2n) is 4.82. The Kier molecular flexibility index (Phi) is 4.38. The molecule has 0 aromatic heterocycles. The van der Waals surface area contributed by atoms with Crippen LogP contribution in [0.3, 0.4) is 0 Å². The van der Waals surface area contributed by atoms with Crippen molar-refractivity contribution in [3.05, 3.63) is 58.7 Å². The molecule has 21 heavy (non-hydrogen) atoms. The van der Waals surface area contributed by atoms with Crippen molar-refractivity contribution < 1.29 is 19.4 Å². The lowest BCUT2D eigenvalue weighted by atomic mass is 10.0. The summed E-state index contributed by atoms with van der Waals surface area (Å²) in [4.78, 5) is 22.1. The Morgan fingerprint density at radius 2 is 1.90 bits per heavy atom. The molecule has 2 aromatic carbocycles. The monoisotopic (exact) mass is 284 g/mol. The number of aryl methyl sites for hydroxylation is 1. The number of rotatable bonds is 5. The minimum Gasteiger partial charge on any atom is -0.481 e. The van der Waals surface area contributed by atoms with E-state index in [0.29, 0.717) is 22.6 Å². The SMILES string of the molecule is Cc1ccc(C=O)c(Oc2ccccc2CC(=O)O)c1C. The lowest BCUT2D eigenvalue weighted by Crippen LogP contribution is -2.03. The summed E-state index contributed by atoms with van der Waals surface area (Å²) in [5.74, 6) is 0.00200. The Morgan fingerprint density at radius 1 is 1.19 bits per heavy atom. The zero-order chi connectivity index (χ0) is 15.4. The van der Waals surface area contributed by atoms with Gasteiger partial charge in [0.25, 0.3) is 0 Å². The molecule has 0 aliphatic rings. The van der Waals surface area contributed by atoms with E-state index in [1.54, 1.807) is 30.3 Å². The van der Waals surface area contributed by atoms with E-state index in [0.717, 1.165) is 17.4 Å². The summed E-state index contributed by atoms with van der Waals surface area (Å²) in [6.45, 7) is 3.80. The maximum absolute atomic E-state index is 11.2. The van der Waals surface area contributed by atoms with Crippen molar-refractivity contribution in [1.82, 2.24) is 0 Å². The third-order valence-corrected chi connectivity index (χ3v) is 3.36. The van der Waals surface area contributed by atoms with Crippen LogP contribution < -0.4 is 4.74 Å². The van der Waals surface area contributed by atoms with Gasteiger partial charge >= 0.3 is 5.97 Å². The van der Waals surface area contributed by atoms with E-state index in [9.17, 15) is 9.59 Å². The molecule has 0 aliphatic heterocycles. The van der Waals surface area contributed by atoms with Gasteiger partial charge in [-0.15, -0.1) is 0 Å². The number of carbonyl (C=O) groups excluding carboxylic acids is 1. The lowest BCUT2D eigenvalue weighted by molar-refractivity contribution is -0.136. The Hall–Kier alpha value is -2.62. The van der Waals surface area contributed by atoms with Gasteiger partial charge in [-0.05, 0) is 37.1 Å². The summed E-state index contributed by atoms with van der Waals surface area (Å²) in [5, 5.41) is 8.95.